The van der Waals surface area contributed by atoms with Crippen molar-refractivity contribution in [3.63, 3.8) is 0 Å². The van der Waals surface area contributed by atoms with Crippen LogP contribution < -0.4 is 5.32 Å². The van der Waals surface area contributed by atoms with Crippen LogP contribution >= 0.6 is 0 Å². The Balaban J connectivity index is 2.32. The number of amides is 1. The summed E-state index contributed by atoms with van der Waals surface area (Å²) in [7, 11) is 0. The van der Waals surface area contributed by atoms with Gasteiger partial charge in [0.1, 0.15) is 0 Å². The second-order valence-corrected chi connectivity index (χ2v) is 5.68. The van der Waals surface area contributed by atoms with E-state index in [0.717, 1.165) is 32.2 Å². The first-order valence-electron chi connectivity index (χ1n) is 7.85. The van der Waals surface area contributed by atoms with Crippen LogP contribution in [0.4, 0.5) is 0 Å². The molecule has 5 nitrogen and oxygen atoms in total. The van der Waals surface area contributed by atoms with Gasteiger partial charge >= 0.3 is 5.97 Å². The second-order valence-electron chi connectivity index (χ2n) is 5.68. The van der Waals surface area contributed by atoms with E-state index < -0.39 is 5.97 Å². The minimum atomic E-state index is -0.806. The molecule has 0 unspecified atom stereocenters. The number of nitrogens with zero attached hydrogens (tertiary/aromatic N) is 1. The first kappa shape index (κ1) is 17.0. The molecule has 0 aliphatic heterocycles. The van der Waals surface area contributed by atoms with Gasteiger partial charge in [-0.2, -0.15) is 0 Å². The Labute approximate surface area is 121 Å². The molecule has 2 N–H and O–H groups in total. The van der Waals surface area contributed by atoms with Crippen LogP contribution in [0.1, 0.15) is 58.3 Å². The van der Waals surface area contributed by atoms with Gasteiger partial charge < -0.3 is 10.4 Å². The third-order valence-corrected chi connectivity index (χ3v) is 3.81. The number of hydrogen-bond acceptors (Lipinski definition) is 3. The molecule has 1 aliphatic rings. The molecule has 1 fully saturated rings. The van der Waals surface area contributed by atoms with Crippen LogP contribution in [0.2, 0.25) is 0 Å². The Hall–Kier alpha value is -1.10. The van der Waals surface area contributed by atoms with Gasteiger partial charge in [0.25, 0.3) is 0 Å². The molecular formula is C15H28N2O3. The van der Waals surface area contributed by atoms with Gasteiger partial charge in [-0.25, -0.2) is 0 Å². The summed E-state index contributed by atoms with van der Waals surface area (Å²) >= 11 is 0. The number of rotatable bonds is 9. The van der Waals surface area contributed by atoms with Gasteiger partial charge in [-0.1, -0.05) is 32.6 Å². The van der Waals surface area contributed by atoms with Crippen molar-refractivity contribution in [2.24, 2.45) is 0 Å². The summed E-state index contributed by atoms with van der Waals surface area (Å²) in [6.45, 7) is 3.66. The maximum Gasteiger partial charge on any atom is 0.304 e. The van der Waals surface area contributed by atoms with Crippen LogP contribution in [0.3, 0.4) is 0 Å². The van der Waals surface area contributed by atoms with Crippen molar-refractivity contribution < 1.29 is 14.7 Å². The normalized spacial score (nSPS) is 16.3. The monoisotopic (exact) mass is 284 g/mol. The van der Waals surface area contributed by atoms with E-state index in [1.54, 1.807) is 0 Å². The van der Waals surface area contributed by atoms with Crippen LogP contribution in [0, 0.1) is 0 Å². The number of carboxylic acid groups (broad SMARTS) is 1. The van der Waals surface area contributed by atoms with E-state index in [-0.39, 0.29) is 12.3 Å². The first-order chi connectivity index (χ1) is 9.61. The average molecular weight is 284 g/mol. The molecule has 0 radical (unpaired) electrons. The highest BCUT2D eigenvalue weighted by Crippen LogP contribution is 2.17. The lowest BCUT2D eigenvalue weighted by Crippen LogP contribution is -2.43. The molecule has 1 aliphatic carbocycles. The summed E-state index contributed by atoms with van der Waals surface area (Å²) in [5, 5.41) is 11.8. The van der Waals surface area contributed by atoms with Gasteiger partial charge in [0.15, 0.2) is 0 Å². The van der Waals surface area contributed by atoms with E-state index in [0.29, 0.717) is 19.1 Å². The van der Waals surface area contributed by atoms with Crippen molar-refractivity contribution in [2.75, 3.05) is 19.6 Å². The van der Waals surface area contributed by atoms with Gasteiger partial charge in [0.05, 0.1) is 13.0 Å². The van der Waals surface area contributed by atoms with Gasteiger partial charge in [-0.05, 0) is 25.8 Å². The minimum absolute atomic E-state index is 0.0402. The zero-order chi connectivity index (χ0) is 14.8. The summed E-state index contributed by atoms with van der Waals surface area (Å²) in [5.74, 6) is -0.766. The van der Waals surface area contributed by atoms with Crippen LogP contribution in [0.25, 0.3) is 0 Å². The summed E-state index contributed by atoms with van der Waals surface area (Å²) < 4.78 is 0. The zero-order valence-electron chi connectivity index (χ0n) is 12.6. The average Bonchev–Trinajstić information content (AvgIpc) is 2.42. The summed E-state index contributed by atoms with van der Waals surface area (Å²) in [5.41, 5.74) is 0. The van der Waals surface area contributed by atoms with Gasteiger partial charge in [-0.15, -0.1) is 0 Å². The Bertz CT molecular complexity index is 301. The molecule has 0 saturated heterocycles. The molecule has 0 aromatic heterocycles. The molecule has 1 saturated carbocycles. The van der Waals surface area contributed by atoms with Crippen molar-refractivity contribution in [3.8, 4) is 0 Å². The maximum atomic E-state index is 12.0. The van der Waals surface area contributed by atoms with Crippen molar-refractivity contribution in [1.82, 2.24) is 10.2 Å². The van der Waals surface area contributed by atoms with Crippen molar-refractivity contribution in [1.29, 1.82) is 0 Å². The fourth-order valence-corrected chi connectivity index (χ4v) is 2.63. The topological polar surface area (TPSA) is 69.6 Å². The lowest BCUT2D eigenvalue weighted by Gasteiger charge is -2.25. The second kappa shape index (κ2) is 9.75. The summed E-state index contributed by atoms with van der Waals surface area (Å²) in [6.07, 6.45) is 7.97. The van der Waals surface area contributed by atoms with Gasteiger partial charge in [-0.3, -0.25) is 14.5 Å². The molecule has 0 heterocycles. The first-order valence-corrected chi connectivity index (χ1v) is 7.85. The molecule has 1 amide bonds. The summed E-state index contributed by atoms with van der Waals surface area (Å²) in [4.78, 5) is 24.6. The predicted octanol–water partition coefficient (Wildman–Crippen LogP) is 2.01. The Morgan fingerprint density at radius 2 is 1.90 bits per heavy atom. The van der Waals surface area contributed by atoms with E-state index in [1.807, 2.05) is 4.90 Å². The fraction of sp³-hybridized carbons (Fsp3) is 0.867. The number of aliphatic carboxylic acids is 1. The highest BCUT2D eigenvalue weighted by Gasteiger charge is 2.17. The lowest BCUT2D eigenvalue weighted by molar-refractivity contribution is -0.137. The van der Waals surface area contributed by atoms with Crippen LogP contribution in [-0.2, 0) is 9.59 Å². The smallest absolute Gasteiger partial charge is 0.304 e. The third-order valence-electron chi connectivity index (χ3n) is 3.81. The molecule has 116 valence electrons. The molecule has 5 heteroatoms. The molecule has 0 spiro atoms. The largest absolute Gasteiger partial charge is 0.481 e. The van der Waals surface area contributed by atoms with Crippen LogP contribution in [0.15, 0.2) is 0 Å². The molecule has 20 heavy (non-hydrogen) atoms. The van der Waals surface area contributed by atoms with E-state index in [9.17, 15) is 9.59 Å². The van der Waals surface area contributed by atoms with Crippen molar-refractivity contribution >= 4 is 11.9 Å². The SMILES string of the molecule is CCCCN(CCC(=O)O)CC(=O)NC1CCCCC1. The lowest BCUT2D eigenvalue weighted by atomic mass is 9.95. The van der Waals surface area contributed by atoms with Gasteiger partial charge in [0.2, 0.25) is 5.91 Å². The minimum Gasteiger partial charge on any atom is -0.481 e. The molecule has 0 aromatic rings. The fourth-order valence-electron chi connectivity index (χ4n) is 2.63. The Kier molecular flexibility index (Phi) is 8.26. The van der Waals surface area contributed by atoms with Crippen molar-refractivity contribution in [3.05, 3.63) is 0 Å². The highest BCUT2D eigenvalue weighted by molar-refractivity contribution is 5.78. The van der Waals surface area contributed by atoms with E-state index in [2.05, 4.69) is 12.2 Å². The predicted molar refractivity (Wildman–Crippen MR) is 78.6 cm³/mol. The Morgan fingerprint density at radius 1 is 1.20 bits per heavy atom. The van der Waals surface area contributed by atoms with E-state index in [1.165, 1.54) is 19.3 Å². The Morgan fingerprint density at radius 3 is 2.50 bits per heavy atom. The summed E-state index contributed by atoms with van der Waals surface area (Å²) in [6, 6.07) is 0.323. The van der Waals surface area contributed by atoms with Crippen LogP contribution in [0.5, 0.6) is 0 Å². The quantitative estimate of drug-likeness (QED) is 0.679. The number of carbonyl (C=O) groups excluding carboxylic acids is 1. The third kappa shape index (κ3) is 7.48. The number of carbonyl (C=O) groups is 2. The standard InChI is InChI=1S/C15H28N2O3/c1-2-3-10-17(11-9-15(19)20)12-14(18)16-13-7-5-4-6-8-13/h13H,2-12H2,1H3,(H,16,18)(H,19,20). The number of nitrogens with one attached hydrogen (secondary N) is 1. The highest BCUT2D eigenvalue weighted by atomic mass is 16.4. The molecule has 1 rings (SSSR count). The van der Waals surface area contributed by atoms with E-state index >= 15 is 0 Å². The number of hydrogen-bond donors (Lipinski definition) is 2. The molecule has 0 aromatic carbocycles. The van der Waals surface area contributed by atoms with Crippen LogP contribution in [-0.4, -0.2) is 47.6 Å². The van der Waals surface area contributed by atoms with Gasteiger partial charge in [0, 0.05) is 12.6 Å². The zero-order valence-corrected chi connectivity index (χ0v) is 12.6. The molecule has 0 atom stereocenters. The molecular weight excluding hydrogens is 256 g/mol. The number of unbranched alkanes of at least 4 members (excludes halogenated alkanes) is 1. The molecule has 0 bridgehead atoms. The number of carboxylic acids is 1. The van der Waals surface area contributed by atoms with E-state index in [4.69, 9.17) is 5.11 Å². The van der Waals surface area contributed by atoms with Crippen molar-refractivity contribution in [2.45, 2.75) is 64.3 Å². The maximum absolute atomic E-state index is 12.0.